The molecule has 0 N–H and O–H groups in total. The van der Waals surface area contributed by atoms with E-state index in [1.54, 1.807) is 0 Å². The minimum Gasteiger partial charge on any atom is -0.395 e. The van der Waals surface area contributed by atoms with Gasteiger partial charge in [-0.2, -0.15) is 0 Å². The zero-order chi connectivity index (χ0) is 14.2. The molecule has 1 aromatic rings. The van der Waals surface area contributed by atoms with Gasteiger partial charge in [-0.25, -0.2) is 22.0 Å². The summed E-state index contributed by atoms with van der Waals surface area (Å²) in [6.07, 6.45) is -0.292. The number of Topliss-reactive ketones (excluding diaryl/α,β-unsaturated/α-hetero) is 1. The van der Waals surface area contributed by atoms with E-state index in [1.165, 1.54) is 0 Å². The van der Waals surface area contributed by atoms with Gasteiger partial charge >= 0.3 is 0 Å². The first-order chi connectivity index (χ1) is 8.93. The van der Waals surface area contributed by atoms with Crippen molar-refractivity contribution in [2.75, 3.05) is 6.61 Å². The van der Waals surface area contributed by atoms with Crippen molar-refractivity contribution in [3.63, 3.8) is 0 Å². The molecule has 3 nitrogen and oxygen atoms in total. The lowest BCUT2D eigenvalue weighted by atomic mass is 10.0. The molecule has 1 aliphatic heterocycles. The molecule has 1 aromatic carbocycles. The normalized spacial score (nSPS) is 14.3. The molecule has 0 fully saturated rings. The van der Waals surface area contributed by atoms with Gasteiger partial charge in [0.1, 0.15) is 6.61 Å². The average molecular weight is 279 g/mol. The molecule has 0 atom stereocenters. The number of oxime groups is 1. The molecule has 8 heteroatoms. The highest BCUT2D eigenvalue weighted by Crippen LogP contribution is 2.24. The van der Waals surface area contributed by atoms with E-state index in [2.05, 4.69) is 9.99 Å². The van der Waals surface area contributed by atoms with Gasteiger partial charge in [-0.3, -0.25) is 4.79 Å². The maximum atomic E-state index is 13.3. The molecule has 102 valence electrons. The number of halogens is 5. The van der Waals surface area contributed by atoms with Crippen LogP contribution in [0.5, 0.6) is 0 Å². The third-order valence-corrected chi connectivity index (χ3v) is 2.53. The lowest BCUT2D eigenvalue weighted by Crippen LogP contribution is -2.15. The van der Waals surface area contributed by atoms with Crippen LogP contribution in [0.4, 0.5) is 22.0 Å². The van der Waals surface area contributed by atoms with Crippen molar-refractivity contribution in [3.05, 3.63) is 34.6 Å². The molecular formula is C11H6F5NO2. The van der Waals surface area contributed by atoms with E-state index >= 15 is 0 Å². The van der Waals surface area contributed by atoms with Gasteiger partial charge in [-0.05, 0) is 0 Å². The largest absolute Gasteiger partial charge is 0.395 e. The Hall–Kier alpha value is -1.99. The zero-order valence-corrected chi connectivity index (χ0v) is 9.27. The summed E-state index contributed by atoms with van der Waals surface area (Å²) in [6.45, 7) is 0.208. The van der Waals surface area contributed by atoms with Crippen LogP contribution in [0.3, 0.4) is 0 Å². The highest BCUT2D eigenvalue weighted by Gasteiger charge is 2.30. The minimum absolute atomic E-state index is 0.189. The molecular weight excluding hydrogens is 273 g/mol. The Labute approximate surface area is 103 Å². The summed E-state index contributed by atoms with van der Waals surface area (Å²) in [5.74, 6) is -12.1. The van der Waals surface area contributed by atoms with Crippen molar-refractivity contribution in [2.24, 2.45) is 5.16 Å². The number of benzene rings is 1. The van der Waals surface area contributed by atoms with Crippen LogP contribution in [0.1, 0.15) is 23.2 Å². The number of carbonyl (C=O) groups is 1. The maximum absolute atomic E-state index is 13.3. The molecule has 19 heavy (non-hydrogen) atoms. The predicted molar refractivity (Wildman–Crippen MR) is 53.2 cm³/mol. The van der Waals surface area contributed by atoms with Crippen molar-refractivity contribution >= 4 is 11.5 Å². The predicted octanol–water partition coefficient (Wildman–Crippen LogP) is 2.73. The fourth-order valence-electron chi connectivity index (χ4n) is 1.59. The van der Waals surface area contributed by atoms with Gasteiger partial charge in [0.2, 0.25) is 5.82 Å². The van der Waals surface area contributed by atoms with Gasteiger partial charge in [0.05, 0.1) is 17.7 Å². The van der Waals surface area contributed by atoms with Gasteiger partial charge in [0.15, 0.2) is 29.1 Å². The second-order valence-corrected chi connectivity index (χ2v) is 3.79. The highest BCUT2D eigenvalue weighted by atomic mass is 19.2. The Kier molecular flexibility index (Phi) is 3.50. The molecule has 0 aliphatic carbocycles. The van der Waals surface area contributed by atoms with Crippen LogP contribution in [0.25, 0.3) is 0 Å². The molecule has 0 saturated carbocycles. The van der Waals surface area contributed by atoms with Crippen LogP contribution in [0, 0.1) is 29.1 Å². The van der Waals surface area contributed by atoms with E-state index < -0.39 is 46.9 Å². The smallest absolute Gasteiger partial charge is 0.200 e. The highest BCUT2D eigenvalue weighted by molar-refractivity contribution is 6.10. The first-order valence-electron chi connectivity index (χ1n) is 5.15. The van der Waals surface area contributed by atoms with Crippen LogP contribution in [-0.2, 0) is 4.84 Å². The summed E-state index contributed by atoms with van der Waals surface area (Å²) in [6, 6.07) is 0. The van der Waals surface area contributed by atoms with Crippen molar-refractivity contribution in [1.29, 1.82) is 0 Å². The van der Waals surface area contributed by atoms with E-state index in [-0.39, 0.29) is 18.7 Å². The van der Waals surface area contributed by atoms with Gasteiger partial charge in [0, 0.05) is 6.42 Å². The lowest BCUT2D eigenvalue weighted by Gasteiger charge is -2.06. The second-order valence-electron chi connectivity index (χ2n) is 3.79. The third kappa shape index (κ3) is 2.29. The topological polar surface area (TPSA) is 38.7 Å². The van der Waals surface area contributed by atoms with Crippen molar-refractivity contribution < 1.29 is 31.6 Å². The van der Waals surface area contributed by atoms with Crippen molar-refractivity contribution in [3.8, 4) is 0 Å². The summed E-state index contributed by atoms with van der Waals surface area (Å²) in [7, 11) is 0. The van der Waals surface area contributed by atoms with Gasteiger partial charge in [-0.1, -0.05) is 5.16 Å². The zero-order valence-electron chi connectivity index (χ0n) is 9.27. The van der Waals surface area contributed by atoms with Gasteiger partial charge in [-0.15, -0.1) is 0 Å². The number of carbonyl (C=O) groups excluding carboxylic acids is 1. The monoisotopic (exact) mass is 279 g/mol. The SMILES string of the molecule is O=C(CC1=NOCC1)c1c(F)c(F)c(F)c(F)c1F. The molecule has 2 rings (SSSR count). The van der Waals surface area contributed by atoms with Crippen LogP contribution < -0.4 is 0 Å². The second kappa shape index (κ2) is 4.94. The first-order valence-corrected chi connectivity index (χ1v) is 5.15. The molecule has 0 bridgehead atoms. The van der Waals surface area contributed by atoms with Crippen LogP contribution in [0.2, 0.25) is 0 Å². The summed E-state index contributed by atoms with van der Waals surface area (Å²) in [5, 5.41) is 3.41. The quantitative estimate of drug-likeness (QED) is 0.369. The van der Waals surface area contributed by atoms with E-state index in [0.717, 1.165) is 0 Å². The van der Waals surface area contributed by atoms with Crippen LogP contribution in [-0.4, -0.2) is 18.1 Å². The number of ketones is 1. The molecule has 0 spiro atoms. The molecule has 1 heterocycles. The number of nitrogens with zero attached hydrogens (tertiary/aromatic N) is 1. The lowest BCUT2D eigenvalue weighted by molar-refractivity contribution is 0.0988. The minimum atomic E-state index is -2.30. The number of rotatable bonds is 3. The molecule has 1 aliphatic rings. The summed E-state index contributed by atoms with van der Waals surface area (Å²) in [4.78, 5) is 16.1. The molecule has 0 unspecified atom stereocenters. The summed E-state index contributed by atoms with van der Waals surface area (Å²) >= 11 is 0. The number of hydrogen-bond donors (Lipinski definition) is 0. The van der Waals surface area contributed by atoms with Crippen LogP contribution in [0.15, 0.2) is 5.16 Å². The van der Waals surface area contributed by atoms with Crippen molar-refractivity contribution in [1.82, 2.24) is 0 Å². The molecule has 0 saturated heterocycles. The Balaban J connectivity index is 2.41. The Morgan fingerprint density at radius 1 is 1.00 bits per heavy atom. The Bertz CT molecular complexity index is 556. The summed E-state index contributed by atoms with van der Waals surface area (Å²) in [5.41, 5.74) is -1.26. The summed E-state index contributed by atoms with van der Waals surface area (Å²) < 4.78 is 65.2. The van der Waals surface area contributed by atoms with Crippen molar-refractivity contribution in [2.45, 2.75) is 12.8 Å². The molecule has 0 radical (unpaired) electrons. The standard InChI is InChI=1S/C11H6F5NO2/c12-7-6(5(18)3-4-1-2-19-17-4)8(13)10(15)11(16)9(7)14/h1-3H2. The molecule has 0 amide bonds. The number of hydrogen-bond acceptors (Lipinski definition) is 3. The third-order valence-electron chi connectivity index (χ3n) is 2.53. The molecule has 0 aromatic heterocycles. The van der Waals surface area contributed by atoms with E-state index in [4.69, 9.17) is 0 Å². The van der Waals surface area contributed by atoms with Gasteiger partial charge < -0.3 is 4.84 Å². The van der Waals surface area contributed by atoms with Gasteiger partial charge in [0.25, 0.3) is 0 Å². The maximum Gasteiger partial charge on any atom is 0.200 e. The van der Waals surface area contributed by atoms with E-state index in [1.807, 2.05) is 0 Å². The fraction of sp³-hybridized carbons (Fsp3) is 0.273. The van der Waals surface area contributed by atoms with E-state index in [0.29, 0.717) is 0 Å². The van der Waals surface area contributed by atoms with E-state index in [9.17, 15) is 26.7 Å². The first kappa shape index (κ1) is 13.4. The fourth-order valence-corrected chi connectivity index (χ4v) is 1.59. The van der Waals surface area contributed by atoms with Crippen LogP contribution >= 0.6 is 0 Å². The Morgan fingerprint density at radius 3 is 2.00 bits per heavy atom. The average Bonchev–Trinajstić information content (AvgIpc) is 2.87. The Morgan fingerprint density at radius 2 is 1.53 bits per heavy atom.